The van der Waals surface area contributed by atoms with Gasteiger partial charge in [-0.2, -0.15) is 0 Å². The highest BCUT2D eigenvalue weighted by Crippen LogP contribution is 2.10. The smallest absolute Gasteiger partial charge is 0.0446 e. The summed E-state index contributed by atoms with van der Waals surface area (Å²) in [7, 11) is 4.12. The number of likely N-dealkylation sites (N-methyl/N-ethyl adjacent to an activating group) is 2. The molecule has 3 heteroatoms. The summed E-state index contributed by atoms with van der Waals surface area (Å²) in [6, 6.07) is 1.01. The molecular weight excluding hydrogens is 188 g/mol. The van der Waals surface area contributed by atoms with Crippen LogP contribution in [-0.2, 0) is 0 Å². The van der Waals surface area contributed by atoms with Crippen LogP contribution in [0.15, 0.2) is 0 Å². The Morgan fingerprint density at radius 3 is 2.27 bits per heavy atom. The van der Waals surface area contributed by atoms with Gasteiger partial charge in [-0.05, 0) is 39.8 Å². The first-order valence-electron chi connectivity index (χ1n) is 5.99. The molecule has 0 saturated heterocycles. The van der Waals surface area contributed by atoms with Crippen molar-refractivity contribution in [2.45, 2.75) is 45.7 Å². The van der Waals surface area contributed by atoms with E-state index in [1.165, 1.54) is 6.42 Å². The summed E-state index contributed by atoms with van der Waals surface area (Å²) >= 11 is 0. The molecule has 0 aliphatic carbocycles. The van der Waals surface area contributed by atoms with Gasteiger partial charge in [-0.1, -0.05) is 13.8 Å². The number of nitrogens with zero attached hydrogens (tertiary/aromatic N) is 1. The highest BCUT2D eigenvalue weighted by molar-refractivity contribution is 4.73. The van der Waals surface area contributed by atoms with Crippen LogP contribution in [0.3, 0.4) is 0 Å². The molecule has 3 nitrogen and oxygen atoms in total. The molecule has 0 rings (SSSR count). The Kier molecular flexibility index (Phi) is 8.02. The van der Waals surface area contributed by atoms with Crippen molar-refractivity contribution < 1.29 is 5.11 Å². The number of nitrogens with one attached hydrogen (secondary N) is 1. The first-order valence-corrected chi connectivity index (χ1v) is 5.99. The molecule has 0 aliphatic heterocycles. The third kappa shape index (κ3) is 6.88. The van der Waals surface area contributed by atoms with Crippen molar-refractivity contribution in [3.63, 3.8) is 0 Å². The molecule has 15 heavy (non-hydrogen) atoms. The Morgan fingerprint density at radius 1 is 1.27 bits per heavy atom. The highest BCUT2D eigenvalue weighted by atomic mass is 16.3. The summed E-state index contributed by atoms with van der Waals surface area (Å²) < 4.78 is 0. The minimum Gasteiger partial charge on any atom is -0.396 e. The Bertz CT molecular complexity index is 151. The van der Waals surface area contributed by atoms with E-state index in [2.05, 4.69) is 38.0 Å². The quantitative estimate of drug-likeness (QED) is 0.642. The summed E-state index contributed by atoms with van der Waals surface area (Å²) in [5.74, 6) is 0.744. The Labute approximate surface area is 94.9 Å². The van der Waals surface area contributed by atoms with Crippen LogP contribution in [0, 0.1) is 5.92 Å². The maximum Gasteiger partial charge on any atom is 0.0446 e. The van der Waals surface area contributed by atoms with E-state index in [1.54, 1.807) is 0 Å². The van der Waals surface area contributed by atoms with E-state index in [0.29, 0.717) is 12.1 Å². The van der Waals surface area contributed by atoms with Crippen LogP contribution in [0.2, 0.25) is 0 Å². The van der Waals surface area contributed by atoms with Crippen LogP contribution in [0.4, 0.5) is 0 Å². The Balaban J connectivity index is 3.91. The SMILES string of the molecule is CNC(CCO)CN(C)C(C)CC(C)C. The van der Waals surface area contributed by atoms with Gasteiger partial charge in [-0.3, -0.25) is 0 Å². The molecule has 2 atom stereocenters. The van der Waals surface area contributed by atoms with Gasteiger partial charge in [0.25, 0.3) is 0 Å². The second-order valence-electron chi connectivity index (χ2n) is 4.92. The van der Waals surface area contributed by atoms with Crippen LogP contribution >= 0.6 is 0 Å². The van der Waals surface area contributed by atoms with Crippen LogP contribution in [0.25, 0.3) is 0 Å². The van der Waals surface area contributed by atoms with Crippen molar-refractivity contribution in [1.29, 1.82) is 0 Å². The summed E-state index contributed by atoms with van der Waals surface area (Å²) in [5, 5.41) is 12.1. The fourth-order valence-corrected chi connectivity index (χ4v) is 1.87. The zero-order valence-corrected chi connectivity index (χ0v) is 11.0. The van der Waals surface area contributed by atoms with Crippen LogP contribution < -0.4 is 5.32 Å². The lowest BCUT2D eigenvalue weighted by Gasteiger charge is -2.29. The summed E-state index contributed by atoms with van der Waals surface area (Å²) in [6.45, 7) is 8.05. The normalized spacial score (nSPS) is 16.0. The molecule has 2 unspecified atom stereocenters. The predicted molar refractivity (Wildman–Crippen MR) is 66.1 cm³/mol. The van der Waals surface area contributed by atoms with Gasteiger partial charge >= 0.3 is 0 Å². The lowest BCUT2D eigenvalue weighted by atomic mass is 10.0. The largest absolute Gasteiger partial charge is 0.396 e. The number of hydrogen-bond acceptors (Lipinski definition) is 3. The van der Waals surface area contributed by atoms with Crippen molar-refractivity contribution in [1.82, 2.24) is 10.2 Å². The first kappa shape index (κ1) is 14.9. The number of aliphatic hydroxyl groups is 1. The zero-order valence-electron chi connectivity index (χ0n) is 11.0. The number of aliphatic hydroxyl groups excluding tert-OH is 1. The standard InChI is InChI=1S/C12H28N2O/c1-10(2)8-11(3)14(5)9-12(13-4)6-7-15/h10-13,15H,6-9H2,1-5H3. The van der Waals surface area contributed by atoms with Crippen molar-refractivity contribution in [3.8, 4) is 0 Å². The third-order valence-corrected chi connectivity index (χ3v) is 2.96. The van der Waals surface area contributed by atoms with Gasteiger partial charge in [0, 0.05) is 25.2 Å². The molecule has 2 N–H and O–H groups in total. The van der Waals surface area contributed by atoms with E-state index in [1.807, 2.05) is 7.05 Å². The van der Waals surface area contributed by atoms with E-state index < -0.39 is 0 Å². The minimum absolute atomic E-state index is 0.262. The van der Waals surface area contributed by atoms with Gasteiger partial charge < -0.3 is 15.3 Å². The molecule has 0 amide bonds. The van der Waals surface area contributed by atoms with E-state index in [0.717, 1.165) is 18.9 Å². The average molecular weight is 216 g/mol. The fraction of sp³-hybridized carbons (Fsp3) is 1.00. The maximum absolute atomic E-state index is 8.91. The van der Waals surface area contributed by atoms with Crippen molar-refractivity contribution in [3.05, 3.63) is 0 Å². The minimum atomic E-state index is 0.262. The van der Waals surface area contributed by atoms with E-state index in [9.17, 15) is 0 Å². The van der Waals surface area contributed by atoms with Gasteiger partial charge in [0.2, 0.25) is 0 Å². The van der Waals surface area contributed by atoms with E-state index in [4.69, 9.17) is 5.11 Å². The van der Waals surface area contributed by atoms with Gasteiger partial charge in [0.15, 0.2) is 0 Å². The molecule has 0 fully saturated rings. The second kappa shape index (κ2) is 8.08. The summed E-state index contributed by atoms with van der Waals surface area (Å²) in [6.07, 6.45) is 2.06. The molecule has 0 spiro atoms. The second-order valence-corrected chi connectivity index (χ2v) is 4.92. The fourth-order valence-electron chi connectivity index (χ4n) is 1.87. The van der Waals surface area contributed by atoms with Crippen molar-refractivity contribution in [2.24, 2.45) is 5.92 Å². The van der Waals surface area contributed by atoms with Crippen LogP contribution in [-0.4, -0.2) is 49.3 Å². The summed E-state index contributed by atoms with van der Waals surface area (Å²) in [5.41, 5.74) is 0. The highest BCUT2D eigenvalue weighted by Gasteiger charge is 2.14. The van der Waals surface area contributed by atoms with Crippen LogP contribution in [0.1, 0.15) is 33.6 Å². The van der Waals surface area contributed by atoms with E-state index in [-0.39, 0.29) is 6.61 Å². The number of hydrogen-bond donors (Lipinski definition) is 2. The Morgan fingerprint density at radius 2 is 1.87 bits per heavy atom. The molecule has 0 radical (unpaired) electrons. The monoisotopic (exact) mass is 216 g/mol. The molecule has 0 heterocycles. The molecular formula is C12H28N2O. The molecule has 0 aliphatic rings. The average Bonchev–Trinajstić information content (AvgIpc) is 2.15. The molecule has 0 aromatic rings. The molecule has 92 valence electrons. The van der Waals surface area contributed by atoms with Gasteiger partial charge in [-0.25, -0.2) is 0 Å². The van der Waals surface area contributed by atoms with Crippen molar-refractivity contribution >= 4 is 0 Å². The first-order chi connectivity index (χ1) is 7.01. The third-order valence-electron chi connectivity index (χ3n) is 2.96. The predicted octanol–water partition coefficient (Wildman–Crippen LogP) is 1.32. The zero-order chi connectivity index (χ0) is 11.8. The van der Waals surface area contributed by atoms with Gasteiger partial charge in [0.05, 0.1) is 0 Å². The Hall–Kier alpha value is -0.120. The molecule has 0 aromatic carbocycles. The van der Waals surface area contributed by atoms with Gasteiger partial charge in [0.1, 0.15) is 0 Å². The number of rotatable bonds is 8. The molecule has 0 aromatic heterocycles. The van der Waals surface area contributed by atoms with Gasteiger partial charge in [-0.15, -0.1) is 0 Å². The summed E-state index contributed by atoms with van der Waals surface area (Å²) in [4.78, 5) is 2.37. The lowest BCUT2D eigenvalue weighted by molar-refractivity contribution is 0.188. The molecule has 0 bridgehead atoms. The lowest BCUT2D eigenvalue weighted by Crippen LogP contribution is -2.42. The van der Waals surface area contributed by atoms with Crippen molar-refractivity contribution in [2.75, 3.05) is 27.2 Å². The topological polar surface area (TPSA) is 35.5 Å². The van der Waals surface area contributed by atoms with E-state index >= 15 is 0 Å². The van der Waals surface area contributed by atoms with Crippen LogP contribution in [0.5, 0.6) is 0 Å². The maximum atomic E-state index is 8.91. The molecule has 0 saturated carbocycles.